The first kappa shape index (κ1) is 20.5. The van der Waals surface area contributed by atoms with Crippen LogP contribution in [-0.2, 0) is 10.2 Å². The number of nitrogens with zero attached hydrogens (tertiary/aromatic N) is 4. The van der Waals surface area contributed by atoms with Crippen LogP contribution < -0.4 is 0 Å². The van der Waals surface area contributed by atoms with Crippen molar-refractivity contribution in [3.63, 3.8) is 0 Å². The summed E-state index contributed by atoms with van der Waals surface area (Å²) >= 11 is 0. The summed E-state index contributed by atoms with van der Waals surface area (Å²) < 4.78 is 7.51. The highest BCUT2D eigenvalue weighted by molar-refractivity contribution is 5.94. The second kappa shape index (κ2) is 7.51. The van der Waals surface area contributed by atoms with Crippen molar-refractivity contribution < 1.29 is 9.53 Å². The number of ether oxygens (including phenoxy) is 1. The van der Waals surface area contributed by atoms with E-state index in [1.165, 1.54) is 5.56 Å². The maximum absolute atomic E-state index is 13.6. The van der Waals surface area contributed by atoms with Gasteiger partial charge in [0.1, 0.15) is 5.69 Å². The fourth-order valence-electron chi connectivity index (χ4n) is 3.87. The maximum atomic E-state index is 13.6. The molecule has 6 heteroatoms. The zero-order valence-corrected chi connectivity index (χ0v) is 18.6. The fourth-order valence-corrected chi connectivity index (χ4v) is 3.87. The first-order valence-corrected chi connectivity index (χ1v) is 10.5. The lowest BCUT2D eigenvalue weighted by Crippen LogP contribution is -2.48. The van der Waals surface area contributed by atoms with Gasteiger partial charge in [-0.2, -0.15) is 5.10 Å². The van der Waals surface area contributed by atoms with Crippen molar-refractivity contribution in [1.82, 2.24) is 19.5 Å². The largest absolute Gasteiger partial charge is 0.372 e. The van der Waals surface area contributed by atoms with E-state index in [2.05, 4.69) is 39.8 Å². The first-order valence-electron chi connectivity index (χ1n) is 10.5. The Morgan fingerprint density at radius 3 is 2.30 bits per heavy atom. The van der Waals surface area contributed by atoms with Crippen LogP contribution in [0.25, 0.3) is 16.9 Å². The maximum Gasteiger partial charge on any atom is 0.272 e. The lowest BCUT2D eigenvalue weighted by atomic mass is 9.93. The van der Waals surface area contributed by atoms with E-state index in [9.17, 15) is 4.79 Å². The van der Waals surface area contributed by atoms with Crippen LogP contribution in [0, 0.1) is 6.92 Å². The molecule has 3 heterocycles. The number of aryl methyl sites for hydroxylation is 1. The van der Waals surface area contributed by atoms with E-state index in [-0.39, 0.29) is 23.5 Å². The topological polar surface area (TPSA) is 59.7 Å². The Bertz CT molecular complexity index is 1070. The van der Waals surface area contributed by atoms with Crippen molar-refractivity contribution in [2.75, 3.05) is 13.1 Å². The highest BCUT2D eigenvalue weighted by atomic mass is 16.5. The number of hydrogen-bond donors (Lipinski definition) is 0. The van der Waals surface area contributed by atoms with Crippen LogP contribution in [0.4, 0.5) is 0 Å². The molecule has 30 heavy (non-hydrogen) atoms. The molecule has 2 aromatic heterocycles. The summed E-state index contributed by atoms with van der Waals surface area (Å²) in [4.78, 5) is 20.3. The average Bonchev–Trinajstić information content (AvgIpc) is 3.11. The van der Waals surface area contributed by atoms with Crippen LogP contribution in [0.15, 0.2) is 36.4 Å². The summed E-state index contributed by atoms with van der Waals surface area (Å²) in [6.07, 6.45) is 0.0173. The molecule has 158 valence electrons. The average molecular weight is 407 g/mol. The molecular weight excluding hydrogens is 376 g/mol. The van der Waals surface area contributed by atoms with Gasteiger partial charge in [-0.25, -0.2) is 9.50 Å². The number of fused-ring (bicyclic) bond motifs is 1. The third-order valence-electron chi connectivity index (χ3n) is 5.47. The number of carbonyl (C=O) groups excluding carboxylic acids is 1. The zero-order chi connectivity index (χ0) is 21.6. The van der Waals surface area contributed by atoms with E-state index in [1.54, 1.807) is 4.52 Å². The van der Waals surface area contributed by atoms with Crippen LogP contribution in [0.1, 0.15) is 56.4 Å². The van der Waals surface area contributed by atoms with Crippen molar-refractivity contribution in [2.24, 2.45) is 0 Å². The van der Waals surface area contributed by atoms with Gasteiger partial charge >= 0.3 is 0 Å². The third-order valence-corrected chi connectivity index (χ3v) is 5.47. The van der Waals surface area contributed by atoms with Crippen molar-refractivity contribution in [3.05, 3.63) is 53.3 Å². The van der Waals surface area contributed by atoms with Gasteiger partial charge < -0.3 is 9.64 Å². The number of aromatic nitrogens is 3. The van der Waals surface area contributed by atoms with Gasteiger partial charge in [-0.1, -0.05) is 50.6 Å². The number of carbonyl (C=O) groups is 1. The Balaban J connectivity index is 1.86. The third kappa shape index (κ3) is 3.97. The first-order chi connectivity index (χ1) is 14.1. The zero-order valence-electron chi connectivity index (χ0n) is 18.6. The van der Waals surface area contributed by atoms with Gasteiger partial charge in [0.05, 0.1) is 23.6 Å². The minimum absolute atomic E-state index is 0.00866. The van der Waals surface area contributed by atoms with Gasteiger partial charge in [-0.15, -0.1) is 0 Å². The Kier molecular flexibility index (Phi) is 5.14. The molecule has 2 unspecified atom stereocenters. The molecular formula is C24H30N4O2. The van der Waals surface area contributed by atoms with E-state index < -0.39 is 0 Å². The Labute approximate surface area is 177 Å². The number of rotatable bonds is 2. The van der Waals surface area contributed by atoms with Crippen LogP contribution in [0.5, 0.6) is 0 Å². The Hall–Kier alpha value is -2.73. The minimum atomic E-state index is -0.139. The molecule has 1 aromatic carbocycles. The fraction of sp³-hybridized carbons (Fsp3) is 0.458. The number of benzene rings is 1. The second-order valence-corrected chi connectivity index (χ2v) is 9.41. The molecule has 0 bridgehead atoms. The summed E-state index contributed by atoms with van der Waals surface area (Å²) in [5.74, 6) is -0.0404. The van der Waals surface area contributed by atoms with Gasteiger partial charge in [0, 0.05) is 30.1 Å². The molecule has 1 amide bonds. The van der Waals surface area contributed by atoms with Gasteiger partial charge in [0.15, 0.2) is 5.65 Å². The normalized spacial score (nSPS) is 20.0. The second-order valence-electron chi connectivity index (χ2n) is 9.41. The number of amides is 1. The highest BCUT2D eigenvalue weighted by Gasteiger charge is 2.29. The van der Waals surface area contributed by atoms with Gasteiger partial charge in [0.2, 0.25) is 0 Å². The standard InChI is InChI=1S/C24H30N4O2/c1-15-7-9-18(10-8-15)19-11-20(23(29)27-13-16(2)30-17(3)14-27)28-22(25-19)12-21(26-28)24(4,5)6/h7-12,16-17H,13-14H2,1-6H3. The number of hydrogen-bond acceptors (Lipinski definition) is 4. The van der Waals surface area contributed by atoms with E-state index in [4.69, 9.17) is 14.8 Å². The molecule has 1 saturated heterocycles. The van der Waals surface area contributed by atoms with Gasteiger partial charge in [-0.05, 0) is 26.8 Å². The molecule has 0 N–H and O–H groups in total. The van der Waals surface area contributed by atoms with Crippen molar-refractivity contribution in [1.29, 1.82) is 0 Å². The molecule has 1 fully saturated rings. The summed E-state index contributed by atoms with van der Waals surface area (Å²) in [6.45, 7) is 13.5. The lowest BCUT2D eigenvalue weighted by molar-refractivity contribution is -0.0588. The molecule has 0 aliphatic carbocycles. The quantitative estimate of drug-likeness (QED) is 0.638. The summed E-state index contributed by atoms with van der Waals surface area (Å²) in [5, 5.41) is 4.76. The molecule has 3 aromatic rings. The van der Waals surface area contributed by atoms with E-state index in [0.29, 0.717) is 24.4 Å². The summed E-state index contributed by atoms with van der Waals surface area (Å²) in [7, 11) is 0. The van der Waals surface area contributed by atoms with Crippen molar-refractivity contribution in [2.45, 2.75) is 59.2 Å². The van der Waals surface area contributed by atoms with E-state index in [1.807, 2.05) is 43.0 Å². The molecule has 0 radical (unpaired) electrons. The Morgan fingerprint density at radius 1 is 1.07 bits per heavy atom. The van der Waals surface area contributed by atoms with Crippen LogP contribution in [-0.4, -0.2) is 50.7 Å². The Morgan fingerprint density at radius 2 is 1.70 bits per heavy atom. The smallest absolute Gasteiger partial charge is 0.272 e. The molecule has 1 aliphatic heterocycles. The SMILES string of the molecule is Cc1ccc(-c2cc(C(=O)N3CC(C)OC(C)C3)n3nc(C(C)(C)C)cc3n2)cc1. The van der Waals surface area contributed by atoms with Gasteiger partial charge in [-0.3, -0.25) is 4.79 Å². The predicted molar refractivity (Wildman–Crippen MR) is 118 cm³/mol. The monoisotopic (exact) mass is 406 g/mol. The molecule has 0 spiro atoms. The molecule has 4 rings (SSSR count). The van der Waals surface area contributed by atoms with E-state index >= 15 is 0 Å². The van der Waals surface area contributed by atoms with Crippen LogP contribution in [0.3, 0.4) is 0 Å². The summed E-state index contributed by atoms with van der Waals surface area (Å²) in [6, 6.07) is 12.1. The van der Waals surface area contributed by atoms with Crippen molar-refractivity contribution in [3.8, 4) is 11.3 Å². The summed E-state index contributed by atoms with van der Waals surface area (Å²) in [5.41, 5.74) is 4.95. The van der Waals surface area contributed by atoms with Crippen molar-refractivity contribution >= 4 is 11.6 Å². The minimum Gasteiger partial charge on any atom is -0.372 e. The molecule has 6 nitrogen and oxygen atoms in total. The lowest BCUT2D eigenvalue weighted by Gasteiger charge is -2.35. The van der Waals surface area contributed by atoms with Crippen LogP contribution >= 0.6 is 0 Å². The number of morpholine rings is 1. The highest BCUT2D eigenvalue weighted by Crippen LogP contribution is 2.26. The molecule has 0 saturated carbocycles. The molecule has 1 aliphatic rings. The van der Waals surface area contributed by atoms with Gasteiger partial charge in [0.25, 0.3) is 5.91 Å². The predicted octanol–water partition coefficient (Wildman–Crippen LogP) is 4.25. The van der Waals surface area contributed by atoms with E-state index in [0.717, 1.165) is 17.0 Å². The van der Waals surface area contributed by atoms with Crippen LogP contribution in [0.2, 0.25) is 0 Å². The molecule has 2 atom stereocenters.